The van der Waals surface area contributed by atoms with Crippen molar-refractivity contribution >= 4 is 5.65 Å². The van der Waals surface area contributed by atoms with E-state index in [0.717, 1.165) is 11.5 Å². The summed E-state index contributed by atoms with van der Waals surface area (Å²) in [6.45, 7) is 6.88. The second-order valence-corrected chi connectivity index (χ2v) is 5.39. The molecule has 0 N–H and O–H groups in total. The van der Waals surface area contributed by atoms with Crippen molar-refractivity contribution in [1.82, 2.24) is 19.5 Å². The summed E-state index contributed by atoms with van der Waals surface area (Å²) in [5, 5.41) is 8.63. The summed E-state index contributed by atoms with van der Waals surface area (Å²) >= 11 is 0. The number of hydrogen-bond donors (Lipinski definition) is 0. The zero-order valence-corrected chi connectivity index (χ0v) is 11.1. The Morgan fingerprint density at radius 3 is 2.67 bits per heavy atom. The highest BCUT2D eigenvalue weighted by Gasteiger charge is 2.25. The number of hydrogen-bond acceptors (Lipinski definition) is 3. The maximum atomic E-state index is 4.38. The fraction of sp³-hybridized carbons (Fsp3) is 0.571. The predicted molar refractivity (Wildman–Crippen MR) is 71.7 cm³/mol. The van der Waals surface area contributed by atoms with E-state index >= 15 is 0 Å². The van der Waals surface area contributed by atoms with Gasteiger partial charge in [-0.2, -0.15) is 0 Å². The molecule has 1 fully saturated rings. The molecule has 4 nitrogen and oxygen atoms in total. The van der Waals surface area contributed by atoms with Crippen LogP contribution in [0.15, 0.2) is 24.4 Å². The van der Waals surface area contributed by atoms with E-state index in [1.54, 1.807) is 0 Å². The molecule has 3 rings (SSSR count). The van der Waals surface area contributed by atoms with Crippen molar-refractivity contribution in [2.45, 2.75) is 38.6 Å². The third kappa shape index (κ3) is 2.01. The summed E-state index contributed by atoms with van der Waals surface area (Å²) in [7, 11) is 0. The molecular formula is C14H20N4. The number of aromatic nitrogens is 3. The first-order chi connectivity index (χ1) is 8.75. The molecule has 2 aromatic heterocycles. The lowest BCUT2D eigenvalue weighted by atomic mass is 9.95. The third-order valence-electron chi connectivity index (χ3n) is 3.97. The Labute approximate surface area is 108 Å². The molecular weight excluding hydrogens is 224 g/mol. The maximum absolute atomic E-state index is 4.38. The van der Waals surface area contributed by atoms with Crippen molar-refractivity contribution in [3.05, 3.63) is 30.2 Å². The first kappa shape index (κ1) is 11.7. The van der Waals surface area contributed by atoms with Gasteiger partial charge in [-0.3, -0.25) is 4.40 Å². The van der Waals surface area contributed by atoms with Crippen molar-refractivity contribution in [1.29, 1.82) is 0 Å². The van der Waals surface area contributed by atoms with Gasteiger partial charge in [-0.1, -0.05) is 6.07 Å². The van der Waals surface area contributed by atoms with Crippen LogP contribution in [0.25, 0.3) is 5.65 Å². The van der Waals surface area contributed by atoms with Crippen LogP contribution < -0.4 is 0 Å². The molecule has 4 heteroatoms. The van der Waals surface area contributed by atoms with E-state index in [9.17, 15) is 0 Å². The maximum Gasteiger partial charge on any atom is 0.160 e. The normalized spacial score (nSPS) is 18.8. The monoisotopic (exact) mass is 244 g/mol. The molecule has 96 valence electrons. The van der Waals surface area contributed by atoms with Gasteiger partial charge in [-0.05, 0) is 51.9 Å². The summed E-state index contributed by atoms with van der Waals surface area (Å²) < 4.78 is 2.13. The molecule has 1 saturated heterocycles. The molecule has 0 unspecified atom stereocenters. The van der Waals surface area contributed by atoms with Crippen LogP contribution in [0.3, 0.4) is 0 Å². The summed E-state index contributed by atoms with van der Waals surface area (Å²) in [6.07, 6.45) is 4.45. The average molecular weight is 244 g/mol. The first-order valence-electron chi connectivity index (χ1n) is 6.79. The summed E-state index contributed by atoms with van der Waals surface area (Å²) in [5.41, 5.74) is 0.957. The van der Waals surface area contributed by atoms with E-state index in [0.29, 0.717) is 12.0 Å². The quantitative estimate of drug-likeness (QED) is 0.813. The van der Waals surface area contributed by atoms with Crippen molar-refractivity contribution < 1.29 is 0 Å². The highest BCUT2D eigenvalue weighted by atomic mass is 15.3. The van der Waals surface area contributed by atoms with Crippen LogP contribution in [0.4, 0.5) is 0 Å². The number of rotatable bonds is 2. The Hall–Kier alpha value is -1.42. The lowest BCUT2D eigenvalue weighted by molar-refractivity contribution is 0.169. The Morgan fingerprint density at radius 2 is 1.94 bits per heavy atom. The second kappa shape index (κ2) is 4.69. The number of nitrogens with zero attached hydrogens (tertiary/aromatic N) is 4. The fourth-order valence-electron chi connectivity index (χ4n) is 2.81. The highest BCUT2D eigenvalue weighted by Crippen LogP contribution is 2.27. The molecule has 3 heterocycles. The summed E-state index contributed by atoms with van der Waals surface area (Å²) in [4.78, 5) is 2.54. The van der Waals surface area contributed by atoms with Gasteiger partial charge < -0.3 is 4.90 Å². The molecule has 2 aromatic rings. The van der Waals surface area contributed by atoms with Gasteiger partial charge in [0.05, 0.1) is 0 Å². The van der Waals surface area contributed by atoms with Crippen LogP contribution in [0.1, 0.15) is 38.4 Å². The predicted octanol–water partition coefficient (Wildman–Crippen LogP) is 2.32. The topological polar surface area (TPSA) is 33.4 Å². The molecule has 0 atom stereocenters. The molecule has 0 saturated carbocycles. The Morgan fingerprint density at radius 1 is 1.17 bits per heavy atom. The zero-order chi connectivity index (χ0) is 12.5. The standard InChI is InChI=1S/C14H20N4/c1-11(2)17-9-6-12(7-10-17)14-16-15-13-5-3-4-8-18(13)14/h3-5,8,11-12H,6-7,9-10H2,1-2H3. The molecule has 0 amide bonds. The van der Waals surface area contributed by atoms with Crippen molar-refractivity contribution in [3.63, 3.8) is 0 Å². The molecule has 0 aromatic carbocycles. The number of pyridine rings is 1. The largest absolute Gasteiger partial charge is 0.301 e. The first-order valence-corrected chi connectivity index (χ1v) is 6.79. The molecule has 0 spiro atoms. The number of fused-ring (bicyclic) bond motifs is 1. The Kier molecular flexibility index (Phi) is 3.04. The minimum absolute atomic E-state index is 0.553. The van der Waals surface area contributed by atoms with Crippen molar-refractivity contribution in [2.75, 3.05) is 13.1 Å². The van der Waals surface area contributed by atoms with Crippen LogP contribution in [0.2, 0.25) is 0 Å². The van der Waals surface area contributed by atoms with Gasteiger partial charge in [0.25, 0.3) is 0 Å². The molecule has 0 bridgehead atoms. The SMILES string of the molecule is CC(C)N1CCC(c2nnc3ccccn23)CC1. The van der Waals surface area contributed by atoms with Gasteiger partial charge in [0.2, 0.25) is 0 Å². The molecule has 0 aliphatic carbocycles. The van der Waals surface area contributed by atoms with E-state index in [1.807, 2.05) is 18.2 Å². The van der Waals surface area contributed by atoms with E-state index in [-0.39, 0.29) is 0 Å². The summed E-state index contributed by atoms with van der Waals surface area (Å²) in [6, 6.07) is 6.72. The van der Waals surface area contributed by atoms with E-state index in [2.05, 4.69) is 39.5 Å². The highest BCUT2D eigenvalue weighted by molar-refractivity contribution is 5.37. The van der Waals surface area contributed by atoms with E-state index in [1.165, 1.54) is 25.9 Å². The van der Waals surface area contributed by atoms with Gasteiger partial charge in [0, 0.05) is 18.2 Å². The van der Waals surface area contributed by atoms with Crippen LogP contribution in [-0.2, 0) is 0 Å². The Balaban J connectivity index is 1.80. The minimum Gasteiger partial charge on any atom is -0.301 e. The fourth-order valence-corrected chi connectivity index (χ4v) is 2.81. The van der Waals surface area contributed by atoms with Gasteiger partial charge in [-0.25, -0.2) is 0 Å². The van der Waals surface area contributed by atoms with Gasteiger partial charge in [0.1, 0.15) is 5.82 Å². The van der Waals surface area contributed by atoms with E-state index in [4.69, 9.17) is 0 Å². The molecule has 1 aliphatic rings. The van der Waals surface area contributed by atoms with Gasteiger partial charge in [-0.15, -0.1) is 10.2 Å². The Bertz CT molecular complexity index is 523. The van der Waals surface area contributed by atoms with Crippen LogP contribution >= 0.6 is 0 Å². The van der Waals surface area contributed by atoms with Crippen LogP contribution in [-0.4, -0.2) is 38.6 Å². The summed E-state index contributed by atoms with van der Waals surface area (Å²) in [5.74, 6) is 1.69. The molecule has 0 radical (unpaired) electrons. The van der Waals surface area contributed by atoms with E-state index < -0.39 is 0 Å². The smallest absolute Gasteiger partial charge is 0.160 e. The zero-order valence-electron chi connectivity index (χ0n) is 11.1. The van der Waals surface area contributed by atoms with Gasteiger partial charge >= 0.3 is 0 Å². The number of piperidine rings is 1. The third-order valence-corrected chi connectivity index (χ3v) is 3.97. The van der Waals surface area contributed by atoms with Crippen LogP contribution in [0.5, 0.6) is 0 Å². The van der Waals surface area contributed by atoms with Crippen molar-refractivity contribution in [3.8, 4) is 0 Å². The molecule has 1 aliphatic heterocycles. The number of likely N-dealkylation sites (tertiary alicyclic amines) is 1. The average Bonchev–Trinajstić information content (AvgIpc) is 2.82. The minimum atomic E-state index is 0.553. The van der Waals surface area contributed by atoms with Crippen molar-refractivity contribution in [2.24, 2.45) is 0 Å². The lowest BCUT2D eigenvalue weighted by Crippen LogP contribution is -2.38. The lowest BCUT2D eigenvalue weighted by Gasteiger charge is -2.33. The second-order valence-electron chi connectivity index (χ2n) is 5.39. The molecule has 18 heavy (non-hydrogen) atoms. The van der Waals surface area contributed by atoms with Crippen LogP contribution in [0, 0.1) is 0 Å². The van der Waals surface area contributed by atoms with Gasteiger partial charge in [0.15, 0.2) is 5.65 Å².